The predicted octanol–water partition coefficient (Wildman–Crippen LogP) is 1.52. The number of hydrogen-bond donors (Lipinski definition) is 1. The van der Waals surface area contributed by atoms with Crippen LogP contribution in [-0.2, 0) is 19.6 Å². The minimum atomic E-state index is -3.43. The molecule has 2 fully saturated rings. The van der Waals surface area contributed by atoms with E-state index in [4.69, 9.17) is 4.74 Å². The third kappa shape index (κ3) is 4.25. The molecule has 144 valence electrons. The summed E-state index contributed by atoms with van der Waals surface area (Å²) in [5, 5.41) is 2.87. The molecule has 2 heterocycles. The van der Waals surface area contributed by atoms with Crippen LogP contribution in [-0.4, -0.2) is 68.5 Å². The van der Waals surface area contributed by atoms with Crippen LogP contribution in [0.5, 0.6) is 0 Å². The van der Waals surface area contributed by atoms with Crippen LogP contribution in [0.4, 0.5) is 5.69 Å². The highest BCUT2D eigenvalue weighted by molar-refractivity contribution is 7.89. The third-order valence-corrected chi connectivity index (χ3v) is 6.94. The molecule has 1 aromatic carbocycles. The van der Waals surface area contributed by atoms with Gasteiger partial charge in [0, 0.05) is 31.9 Å². The Balaban J connectivity index is 1.62. The van der Waals surface area contributed by atoms with Gasteiger partial charge >= 0.3 is 0 Å². The fourth-order valence-electron chi connectivity index (χ4n) is 3.40. The number of sulfonamides is 1. The lowest BCUT2D eigenvalue weighted by atomic mass is 10.2. The van der Waals surface area contributed by atoms with Crippen molar-refractivity contribution in [1.29, 1.82) is 0 Å². The Kier molecular flexibility index (Phi) is 5.96. The third-order valence-electron chi connectivity index (χ3n) is 5.02. The first-order chi connectivity index (χ1) is 12.4. The molecule has 2 aliphatic heterocycles. The molecule has 26 heavy (non-hydrogen) atoms. The second-order valence-electron chi connectivity index (χ2n) is 6.98. The number of carbonyl (C=O) groups is 1. The summed E-state index contributed by atoms with van der Waals surface area (Å²) in [7, 11) is -3.43. The Hall–Kier alpha value is -1.48. The van der Waals surface area contributed by atoms with Gasteiger partial charge in [-0.15, -0.1) is 0 Å². The maximum atomic E-state index is 12.5. The van der Waals surface area contributed by atoms with Crippen LogP contribution in [0, 0.1) is 0 Å². The summed E-state index contributed by atoms with van der Waals surface area (Å²) < 4.78 is 32.1. The van der Waals surface area contributed by atoms with Crippen molar-refractivity contribution in [3.05, 3.63) is 24.3 Å². The molecule has 0 aliphatic carbocycles. The van der Waals surface area contributed by atoms with Crippen LogP contribution in [0.1, 0.15) is 26.7 Å². The number of nitrogens with zero attached hydrogens (tertiary/aromatic N) is 2. The Bertz CT molecular complexity index is 729. The van der Waals surface area contributed by atoms with E-state index in [0.717, 1.165) is 25.9 Å². The van der Waals surface area contributed by atoms with Crippen molar-refractivity contribution in [2.24, 2.45) is 0 Å². The smallest absolute Gasteiger partial charge is 0.243 e. The summed E-state index contributed by atoms with van der Waals surface area (Å²) in [4.78, 5) is 14.9. The zero-order valence-corrected chi connectivity index (χ0v) is 16.2. The maximum absolute atomic E-state index is 12.5. The lowest BCUT2D eigenvalue weighted by Gasteiger charge is -2.34. The van der Waals surface area contributed by atoms with E-state index in [9.17, 15) is 13.2 Å². The van der Waals surface area contributed by atoms with Crippen LogP contribution in [0.2, 0.25) is 0 Å². The van der Waals surface area contributed by atoms with Gasteiger partial charge in [0.2, 0.25) is 15.9 Å². The minimum absolute atomic E-state index is 0.103. The molecule has 1 amide bonds. The Morgan fingerprint density at radius 1 is 1.19 bits per heavy atom. The first-order valence-corrected chi connectivity index (χ1v) is 10.6. The van der Waals surface area contributed by atoms with E-state index in [0.29, 0.717) is 25.4 Å². The number of morpholine rings is 1. The molecular weight excluding hydrogens is 354 g/mol. The van der Waals surface area contributed by atoms with Gasteiger partial charge in [-0.2, -0.15) is 4.31 Å². The second-order valence-corrected chi connectivity index (χ2v) is 8.92. The van der Waals surface area contributed by atoms with Crippen molar-refractivity contribution in [2.75, 3.05) is 38.1 Å². The number of carbonyl (C=O) groups excluding carboxylic acids is 1. The van der Waals surface area contributed by atoms with Gasteiger partial charge in [-0.25, -0.2) is 8.42 Å². The van der Waals surface area contributed by atoms with Gasteiger partial charge in [-0.05, 0) is 51.0 Å². The van der Waals surface area contributed by atoms with Crippen LogP contribution in [0.25, 0.3) is 0 Å². The van der Waals surface area contributed by atoms with Crippen LogP contribution in [0.15, 0.2) is 29.2 Å². The summed E-state index contributed by atoms with van der Waals surface area (Å²) in [5.74, 6) is -0.103. The largest absolute Gasteiger partial charge is 0.376 e. The van der Waals surface area contributed by atoms with Crippen molar-refractivity contribution >= 4 is 21.6 Å². The molecule has 0 spiro atoms. The first kappa shape index (κ1) is 19.3. The number of anilines is 1. The van der Waals surface area contributed by atoms with Crippen molar-refractivity contribution in [3.8, 4) is 0 Å². The van der Waals surface area contributed by atoms with Gasteiger partial charge in [0.25, 0.3) is 0 Å². The van der Waals surface area contributed by atoms with Crippen molar-refractivity contribution in [3.63, 3.8) is 0 Å². The van der Waals surface area contributed by atoms with E-state index in [2.05, 4.69) is 10.2 Å². The molecule has 0 unspecified atom stereocenters. The Labute approximate surface area is 155 Å². The van der Waals surface area contributed by atoms with Gasteiger partial charge < -0.3 is 10.1 Å². The quantitative estimate of drug-likeness (QED) is 0.837. The molecule has 2 atom stereocenters. The summed E-state index contributed by atoms with van der Waals surface area (Å²) >= 11 is 0. The molecular formula is C18H27N3O4S. The normalized spacial score (nSPS) is 23.7. The zero-order chi connectivity index (χ0) is 18.7. The van der Waals surface area contributed by atoms with Gasteiger partial charge in [-0.3, -0.25) is 9.69 Å². The number of amides is 1. The van der Waals surface area contributed by atoms with E-state index >= 15 is 0 Å². The number of benzene rings is 1. The average molecular weight is 381 g/mol. The zero-order valence-electron chi connectivity index (χ0n) is 15.3. The fraction of sp³-hybridized carbons (Fsp3) is 0.611. The first-order valence-electron chi connectivity index (χ1n) is 9.14. The van der Waals surface area contributed by atoms with Gasteiger partial charge in [-0.1, -0.05) is 0 Å². The molecule has 3 rings (SSSR count). The lowest BCUT2D eigenvalue weighted by Crippen LogP contribution is -2.50. The molecule has 0 bridgehead atoms. The molecule has 8 heteroatoms. The monoisotopic (exact) mass is 381 g/mol. The standard InChI is InChI=1S/C18H27N3O4S/c1-14-13-20(11-12-25-14)15(2)18(22)19-16-5-7-17(8-6-16)26(23,24)21-9-3-4-10-21/h5-8,14-15H,3-4,9-13H2,1-2H3,(H,19,22)/t14-,15+/m1/s1. The predicted molar refractivity (Wildman–Crippen MR) is 99.5 cm³/mol. The van der Waals surface area contributed by atoms with Crippen LogP contribution >= 0.6 is 0 Å². The van der Waals surface area contributed by atoms with Gasteiger partial charge in [0.1, 0.15) is 0 Å². The number of nitrogens with one attached hydrogen (secondary N) is 1. The molecule has 0 saturated carbocycles. The van der Waals surface area contributed by atoms with E-state index < -0.39 is 10.0 Å². The van der Waals surface area contributed by atoms with Crippen LogP contribution < -0.4 is 5.32 Å². The Morgan fingerprint density at radius 2 is 1.85 bits per heavy atom. The lowest BCUT2D eigenvalue weighted by molar-refractivity contribution is -0.123. The van der Waals surface area contributed by atoms with E-state index in [1.165, 1.54) is 4.31 Å². The average Bonchev–Trinajstić information content (AvgIpc) is 3.17. The molecule has 0 aromatic heterocycles. The van der Waals surface area contributed by atoms with E-state index in [1.807, 2.05) is 13.8 Å². The minimum Gasteiger partial charge on any atom is -0.376 e. The summed E-state index contributed by atoms with van der Waals surface area (Å²) in [6.07, 6.45) is 1.94. The van der Waals surface area contributed by atoms with E-state index in [-0.39, 0.29) is 22.9 Å². The second kappa shape index (κ2) is 8.04. The van der Waals surface area contributed by atoms with Gasteiger partial charge in [0.05, 0.1) is 23.6 Å². The highest BCUT2D eigenvalue weighted by atomic mass is 32.2. The SMILES string of the molecule is C[C@@H]1CN([C@@H](C)C(=O)Nc2ccc(S(=O)(=O)N3CCCC3)cc2)CCO1. The maximum Gasteiger partial charge on any atom is 0.243 e. The Morgan fingerprint density at radius 3 is 2.46 bits per heavy atom. The summed E-state index contributed by atoms with van der Waals surface area (Å²) in [6.45, 7) is 7.11. The highest BCUT2D eigenvalue weighted by Crippen LogP contribution is 2.22. The van der Waals surface area contributed by atoms with E-state index in [1.54, 1.807) is 24.3 Å². The fourth-order valence-corrected chi connectivity index (χ4v) is 4.91. The molecule has 1 N–H and O–H groups in total. The number of ether oxygens (including phenoxy) is 1. The number of hydrogen-bond acceptors (Lipinski definition) is 5. The molecule has 1 aromatic rings. The molecule has 2 saturated heterocycles. The van der Waals surface area contributed by atoms with Crippen molar-refractivity contribution < 1.29 is 17.9 Å². The highest BCUT2D eigenvalue weighted by Gasteiger charge is 2.28. The topological polar surface area (TPSA) is 79.0 Å². The molecule has 0 radical (unpaired) electrons. The number of rotatable bonds is 5. The van der Waals surface area contributed by atoms with Gasteiger partial charge in [0.15, 0.2) is 0 Å². The summed E-state index contributed by atoms with van der Waals surface area (Å²) in [6, 6.07) is 6.15. The molecule has 7 nitrogen and oxygen atoms in total. The van der Waals surface area contributed by atoms with Crippen molar-refractivity contribution in [1.82, 2.24) is 9.21 Å². The van der Waals surface area contributed by atoms with Crippen molar-refractivity contribution in [2.45, 2.75) is 43.7 Å². The van der Waals surface area contributed by atoms with Crippen LogP contribution in [0.3, 0.4) is 0 Å². The summed E-state index contributed by atoms with van der Waals surface area (Å²) in [5.41, 5.74) is 0.600. The molecule has 2 aliphatic rings.